The predicted molar refractivity (Wildman–Crippen MR) is 113 cm³/mol. The molecule has 1 saturated carbocycles. The molecule has 29 heavy (non-hydrogen) atoms. The van der Waals surface area contributed by atoms with E-state index in [9.17, 15) is 0 Å². The van der Waals surface area contributed by atoms with Crippen molar-refractivity contribution in [2.45, 2.75) is 38.6 Å². The molecular weight excluding hydrogens is 390 g/mol. The molecule has 0 bridgehead atoms. The van der Waals surface area contributed by atoms with Crippen LogP contribution in [0.3, 0.4) is 0 Å². The van der Waals surface area contributed by atoms with Gasteiger partial charge in [0, 0.05) is 19.2 Å². The van der Waals surface area contributed by atoms with Crippen LogP contribution in [0.1, 0.15) is 36.7 Å². The highest BCUT2D eigenvalue weighted by Gasteiger charge is 2.28. The molecule has 5 N–H and O–H groups in total. The van der Waals surface area contributed by atoms with Crippen LogP contribution in [0.15, 0.2) is 12.3 Å². The summed E-state index contributed by atoms with van der Waals surface area (Å²) in [6.45, 7) is 10.5. The predicted octanol–water partition coefficient (Wildman–Crippen LogP) is 2.98. The molecule has 1 aliphatic rings. The number of rotatable bonds is 6. The van der Waals surface area contributed by atoms with Crippen molar-refractivity contribution < 1.29 is 0 Å². The molecule has 3 heterocycles. The van der Waals surface area contributed by atoms with Gasteiger partial charge >= 0.3 is 0 Å². The third kappa shape index (κ3) is 3.50. The van der Waals surface area contributed by atoms with Gasteiger partial charge in [0.05, 0.1) is 24.0 Å². The molecule has 0 radical (unpaired) electrons. The van der Waals surface area contributed by atoms with E-state index in [0.717, 1.165) is 12.1 Å². The van der Waals surface area contributed by atoms with Crippen molar-refractivity contribution in [2.75, 3.05) is 24.1 Å². The van der Waals surface area contributed by atoms with Crippen LogP contribution in [-0.2, 0) is 6.42 Å². The molecule has 0 aromatic carbocycles. The zero-order chi connectivity index (χ0) is 20.5. The van der Waals surface area contributed by atoms with Crippen molar-refractivity contribution >= 4 is 34.6 Å². The minimum Gasteiger partial charge on any atom is -0.392 e. The summed E-state index contributed by atoms with van der Waals surface area (Å²) in [7, 11) is 0. The molecule has 2 atom stereocenters. The van der Waals surface area contributed by atoms with Gasteiger partial charge < -0.3 is 16.8 Å². The zero-order valence-electron chi connectivity index (χ0n) is 16.3. The fourth-order valence-electron chi connectivity index (χ4n) is 4.02. The maximum Gasteiger partial charge on any atom is 0.268 e. The van der Waals surface area contributed by atoms with Crippen LogP contribution in [0.25, 0.3) is 10.5 Å². The average molecular weight is 414 g/mol. The lowest BCUT2D eigenvalue weighted by Crippen LogP contribution is -2.22. The Balaban J connectivity index is 1.48. The van der Waals surface area contributed by atoms with E-state index in [1.807, 2.05) is 12.3 Å². The first-order valence-corrected chi connectivity index (χ1v) is 10.1. The molecule has 10 heteroatoms. The number of fused-ring (bicyclic) bond motifs is 1. The number of nitrogen functional groups attached to an aromatic ring is 1. The summed E-state index contributed by atoms with van der Waals surface area (Å²) in [6.07, 6.45) is 6.24. The van der Waals surface area contributed by atoms with Crippen LogP contribution in [0, 0.1) is 19.4 Å². The number of nitrogens with one attached hydrogen (secondary N) is 1. The summed E-state index contributed by atoms with van der Waals surface area (Å²) in [4.78, 5) is 8.00. The van der Waals surface area contributed by atoms with Gasteiger partial charge in [0.15, 0.2) is 5.65 Å². The Morgan fingerprint density at radius 3 is 2.97 bits per heavy atom. The number of nitrogens with two attached hydrogens (primary N) is 2. The largest absolute Gasteiger partial charge is 0.392 e. The van der Waals surface area contributed by atoms with Gasteiger partial charge in [-0.05, 0) is 38.3 Å². The number of aromatic nitrogens is 5. The highest BCUT2D eigenvalue weighted by atomic mass is 35.5. The number of hydrogen-bond acceptors (Lipinski definition) is 6. The van der Waals surface area contributed by atoms with E-state index in [4.69, 9.17) is 34.7 Å². The van der Waals surface area contributed by atoms with Gasteiger partial charge in [0.1, 0.15) is 16.7 Å². The Bertz CT molecular complexity index is 1080. The van der Waals surface area contributed by atoms with Gasteiger partial charge in [-0.2, -0.15) is 10.2 Å². The van der Waals surface area contributed by atoms with Gasteiger partial charge in [0.25, 0.3) is 5.69 Å². The van der Waals surface area contributed by atoms with Gasteiger partial charge in [0.2, 0.25) is 0 Å². The van der Waals surface area contributed by atoms with E-state index < -0.39 is 0 Å². The Labute approximate surface area is 173 Å². The summed E-state index contributed by atoms with van der Waals surface area (Å²) >= 11 is 6.27. The van der Waals surface area contributed by atoms with E-state index in [1.165, 1.54) is 17.4 Å². The number of halogens is 1. The SMILES string of the molecule is [C-]#[N+]c1c(NCCc2ccn(C3CCCC3CN)n2)nc2c(Cl)c(C)nn2c1N. The Morgan fingerprint density at radius 2 is 2.21 bits per heavy atom. The molecule has 3 aromatic rings. The van der Waals surface area contributed by atoms with Crippen molar-refractivity contribution in [1.82, 2.24) is 24.4 Å². The van der Waals surface area contributed by atoms with Gasteiger partial charge in [-0.25, -0.2) is 14.3 Å². The number of hydrogen-bond donors (Lipinski definition) is 3. The lowest BCUT2D eigenvalue weighted by Gasteiger charge is -2.18. The Hall–Kier alpha value is -2.83. The molecule has 4 rings (SSSR count). The number of nitrogens with zero attached hydrogens (tertiary/aromatic N) is 6. The molecule has 0 spiro atoms. The highest BCUT2D eigenvalue weighted by Crippen LogP contribution is 2.35. The first-order valence-electron chi connectivity index (χ1n) is 9.73. The van der Waals surface area contributed by atoms with Gasteiger partial charge in [-0.3, -0.25) is 4.68 Å². The second-order valence-electron chi connectivity index (χ2n) is 7.40. The van der Waals surface area contributed by atoms with Crippen LogP contribution in [0.2, 0.25) is 5.02 Å². The van der Waals surface area contributed by atoms with E-state index in [2.05, 4.69) is 24.9 Å². The fourth-order valence-corrected chi connectivity index (χ4v) is 4.18. The average Bonchev–Trinajstić information content (AvgIpc) is 3.43. The maximum atomic E-state index is 7.46. The monoisotopic (exact) mass is 413 g/mol. The fraction of sp³-hybridized carbons (Fsp3) is 0.474. The molecule has 2 unspecified atom stereocenters. The smallest absolute Gasteiger partial charge is 0.268 e. The van der Waals surface area contributed by atoms with Crippen LogP contribution >= 0.6 is 11.6 Å². The lowest BCUT2D eigenvalue weighted by atomic mass is 10.0. The highest BCUT2D eigenvalue weighted by molar-refractivity contribution is 6.34. The zero-order valence-corrected chi connectivity index (χ0v) is 17.0. The van der Waals surface area contributed by atoms with Crippen molar-refractivity contribution in [1.29, 1.82) is 0 Å². The summed E-state index contributed by atoms with van der Waals surface area (Å²) in [5, 5.41) is 12.6. The molecule has 1 aliphatic carbocycles. The van der Waals surface area contributed by atoms with Crippen molar-refractivity contribution in [3.8, 4) is 0 Å². The molecule has 1 fully saturated rings. The second-order valence-corrected chi connectivity index (χ2v) is 7.78. The normalized spacial score (nSPS) is 19.0. The number of anilines is 2. The van der Waals surface area contributed by atoms with Gasteiger partial charge in [-0.15, -0.1) is 0 Å². The lowest BCUT2D eigenvalue weighted by molar-refractivity contribution is 0.356. The standard InChI is InChI=1S/C19H24ClN9/c1-11-15(20)19-25-18(16(23-2)17(22)29(19)26-11)24-8-6-13-7-9-28(27-13)14-5-3-4-12(14)10-21/h7,9,12,14H,3-6,8,10,21-22H2,1H3,(H,24,25). The van der Waals surface area contributed by atoms with E-state index in [0.29, 0.717) is 53.7 Å². The van der Waals surface area contributed by atoms with Crippen molar-refractivity contribution in [3.05, 3.63) is 40.1 Å². The van der Waals surface area contributed by atoms with Crippen LogP contribution in [-0.4, -0.2) is 37.5 Å². The molecule has 152 valence electrons. The summed E-state index contributed by atoms with van der Waals surface area (Å²) in [5.74, 6) is 1.14. The third-order valence-electron chi connectivity index (χ3n) is 5.59. The third-order valence-corrected chi connectivity index (χ3v) is 6.03. The minimum absolute atomic E-state index is 0.223. The summed E-state index contributed by atoms with van der Waals surface area (Å²) < 4.78 is 3.47. The van der Waals surface area contributed by atoms with E-state index in [1.54, 1.807) is 6.92 Å². The maximum absolute atomic E-state index is 7.46. The summed E-state index contributed by atoms with van der Waals surface area (Å²) in [5.41, 5.74) is 14.3. The molecular formula is C19H24ClN9. The van der Waals surface area contributed by atoms with Crippen molar-refractivity contribution in [2.24, 2.45) is 11.7 Å². The van der Waals surface area contributed by atoms with Crippen molar-refractivity contribution in [3.63, 3.8) is 0 Å². The molecule has 0 saturated heterocycles. The molecule has 0 amide bonds. The van der Waals surface area contributed by atoms with Crippen LogP contribution in [0.5, 0.6) is 0 Å². The minimum atomic E-state index is 0.223. The first-order chi connectivity index (χ1) is 14.0. The van der Waals surface area contributed by atoms with Gasteiger partial charge in [-0.1, -0.05) is 18.0 Å². The molecule has 3 aromatic heterocycles. The topological polar surface area (TPSA) is 116 Å². The quantitative estimate of drug-likeness (QED) is 0.535. The summed E-state index contributed by atoms with van der Waals surface area (Å²) in [6, 6.07) is 2.43. The molecule has 0 aliphatic heterocycles. The number of aryl methyl sites for hydroxylation is 1. The molecule has 9 nitrogen and oxygen atoms in total. The Morgan fingerprint density at radius 1 is 1.38 bits per heavy atom. The first kappa shape index (κ1) is 19.5. The second kappa shape index (κ2) is 7.89. The van der Waals surface area contributed by atoms with Crippen LogP contribution < -0.4 is 16.8 Å². The Kier molecular flexibility index (Phi) is 5.30. The van der Waals surface area contributed by atoms with E-state index >= 15 is 0 Å². The van der Waals surface area contributed by atoms with E-state index in [-0.39, 0.29) is 11.5 Å². The van der Waals surface area contributed by atoms with Crippen LogP contribution in [0.4, 0.5) is 17.3 Å².